The van der Waals surface area contributed by atoms with Crippen LogP contribution in [-0.2, 0) is 4.79 Å². The van der Waals surface area contributed by atoms with E-state index in [1.54, 1.807) is 12.1 Å². The van der Waals surface area contributed by atoms with Crippen LogP contribution in [0, 0.1) is 0 Å². The Labute approximate surface area is 112 Å². The highest BCUT2D eigenvalue weighted by Gasteiger charge is 2.21. The lowest BCUT2D eigenvalue weighted by Gasteiger charge is -2.22. The Hall–Kier alpha value is -1.20. The van der Waals surface area contributed by atoms with Crippen LogP contribution in [0.25, 0.3) is 0 Å². The van der Waals surface area contributed by atoms with E-state index in [2.05, 4.69) is 10.2 Å². The quantitative estimate of drug-likeness (QED) is 0.813. The maximum absolute atomic E-state index is 11.9. The number of nitrogens with two attached hydrogens (primary N) is 1. The Morgan fingerprint density at radius 2 is 2.22 bits per heavy atom. The highest BCUT2D eigenvalue weighted by atomic mass is 32.2. The lowest BCUT2D eigenvalue weighted by atomic mass is 10.2. The number of hydrogen-bond donors (Lipinski definition) is 2. The number of carbonyl (C=O) groups excluding carboxylic acids is 1. The normalized spacial score (nSPS) is 19.1. The van der Waals surface area contributed by atoms with Crippen molar-refractivity contribution in [1.29, 1.82) is 0 Å². The first-order valence-electron chi connectivity index (χ1n) is 6.08. The van der Waals surface area contributed by atoms with Gasteiger partial charge in [0.1, 0.15) is 0 Å². The second kappa shape index (κ2) is 6.11. The van der Waals surface area contributed by atoms with Gasteiger partial charge in [0.2, 0.25) is 5.91 Å². The van der Waals surface area contributed by atoms with Crippen LogP contribution in [0.3, 0.4) is 0 Å². The molecule has 1 aromatic carbocycles. The number of anilines is 2. The van der Waals surface area contributed by atoms with Crippen LogP contribution in [0.15, 0.2) is 24.3 Å². The van der Waals surface area contributed by atoms with Crippen molar-refractivity contribution < 1.29 is 4.79 Å². The molecular formula is C13H19N3OS. The number of carbonyl (C=O) groups is 1. The molecule has 1 amide bonds. The number of thioether (sulfide) groups is 1. The molecule has 0 radical (unpaired) electrons. The van der Waals surface area contributed by atoms with Crippen molar-refractivity contribution in [3.05, 3.63) is 24.3 Å². The molecule has 1 aliphatic rings. The van der Waals surface area contributed by atoms with E-state index in [4.69, 9.17) is 5.73 Å². The molecule has 2 rings (SSSR count). The average Bonchev–Trinajstić information content (AvgIpc) is 2.85. The minimum atomic E-state index is 0.0270. The van der Waals surface area contributed by atoms with Crippen molar-refractivity contribution in [3.63, 3.8) is 0 Å². The molecule has 0 spiro atoms. The van der Waals surface area contributed by atoms with Gasteiger partial charge in [0.05, 0.1) is 6.54 Å². The third kappa shape index (κ3) is 3.65. The van der Waals surface area contributed by atoms with E-state index in [0.717, 1.165) is 11.4 Å². The molecule has 1 unspecified atom stereocenters. The molecule has 0 aliphatic carbocycles. The minimum Gasteiger partial charge on any atom is -0.399 e. The standard InChI is InChI=1S/C13H19N3OS/c1-16(12-6-7-18-9-12)8-13(17)15-11-4-2-10(14)3-5-11/h2-5,12H,6-9,14H2,1H3,(H,15,17). The number of likely N-dealkylation sites (N-methyl/N-ethyl adjacent to an activating group) is 1. The van der Waals surface area contributed by atoms with Crippen LogP contribution in [0.1, 0.15) is 6.42 Å². The Morgan fingerprint density at radius 3 is 2.83 bits per heavy atom. The van der Waals surface area contributed by atoms with E-state index in [1.165, 1.54) is 12.2 Å². The maximum Gasteiger partial charge on any atom is 0.238 e. The summed E-state index contributed by atoms with van der Waals surface area (Å²) < 4.78 is 0. The Bertz CT molecular complexity index is 401. The van der Waals surface area contributed by atoms with Crippen LogP contribution in [0.2, 0.25) is 0 Å². The Morgan fingerprint density at radius 1 is 1.50 bits per heavy atom. The summed E-state index contributed by atoms with van der Waals surface area (Å²) in [7, 11) is 2.01. The first-order chi connectivity index (χ1) is 8.65. The molecule has 1 saturated heterocycles. The minimum absolute atomic E-state index is 0.0270. The first-order valence-corrected chi connectivity index (χ1v) is 7.24. The summed E-state index contributed by atoms with van der Waals surface area (Å²) in [6.45, 7) is 0.440. The summed E-state index contributed by atoms with van der Waals surface area (Å²) in [4.78, 5) is 14.0. The molecule has 1 aromatic rings. The number of nitrogens with zero attached hydrogens (tertiary/aromatic N) is 1. The van der Waals surface area contributed by atoms with E-state index in [1.807, 2.05) is 30.9 Å². The monoisotopic (exact) mass is 265 g/mol. The largest absolute Gasteiger partial charge is 0.399 e. The van der Waals surface area contributed by atoms with Gasteiger partial charge in [-0.2, -0.15) is 11.8 Å². The van der Waals surface area contributed by atoms with Gasteiger partial charge in [0.15, 0.2) is 0 Å². The van der Waals surface area contributed by atoms with Crippen molar-refractivity contribution in [3.8, 4) is 0 Å². The number of amides is 1. The van der Waals surface area contributed by atoms with E-state index < -0.39 is 0 Å². The summed E-state index contributed by atoms with van der Waals surface area (Å²) in [5.41, 5.74) is 7.09. The van der Waals surface area contributed by atoms with Crippen molar-refractivity contribution in [2.24, 2.45) is 0 Å². The van der Waals surface area contributed by atoms with Gasteiger partial charge < -0.3 is 11.1 Å². The van der Waals surface area contributed by atoms with Crippen LogP contribution in [0.5, 0.6) is 0 Å². The van der Waals surface area contributed by atoms with Crippen molar-refractivity contribution >= 4 is 29.0 Å². The number of nitrogens with one attached hydrogen (secondary N) is 1. The summed E-state index contributed by atoms with van der Waals surface area (Å²) in [6.07, 6.45) is 1.18. The van der Waals surface area contributed by atoms with Gasteiger partial charge in [0, 0.05) is 23.2 Å². The van der Waals surface area contributed by atoms with Crippen molar-refractivity contribution in [2.45, 2.75) is 12.5 Å². The Balaban J connectivity index is 1.82. The second-order valence-corrected chi connectivity index (χ2v) is 5.75. The smallest absolute Gasteiger partial charge is 0.238 e. The number of benzene rings is 1. The van der Waals surface area contributed by atoms with Crippen LogP contribution >= 0.6 is 11.8 Å². The molecule has 5 heteroatoms. The molecule has 4 nitrogen and oxygen atoms in total. The van der Waals surface area contributed by atoms with Gasteiger partial charge in [-0.1, -0.05) is 0 Å². The van der Waals surface area contributed by atoms with Gasteiger partial charge in [-0.15, -0.1) is 0 Å². The molecule has 1 aliphatic heterocycles. The number of rotatable bonds is 4. The molecule has 1 atom stereocenters. The summed E-state index contributed by atoms with van der Waals surface area (Å²) >= 11 is 1.96. The molecule has 3 N–H and O–H groups in total. The zero-order valence-electron chi connectivity index (χ0n) is 10.6. The van der Waals surface area contributed by atoms with E-state index >= 15 is 0 Å². The fourth-order valence-corrected chi connectivity index (χ4v) is 3.29. The lowest BCUT2D eigenvalue weighted by Crippen LogP contribution is -2.37. The summed E-state index contributed by atoms with van der Waals surface area (Å²) in [5, 5.41) is 2.88. The molecule has 1 fully saturated rings. The topological polar surface area (TPSA) is 58.4 Å². The molecule has 0 bridgehead atoms. The molecule has 18 heavy (non-hydrogen) atoms. The van der Waals surface area contributed by atoms with E-state index in [0.29, 0.717) is 18.3 Å². The predicted molar refractivity (Wildman–Crippen MR) is 77.8 cm³/mol. The van der Waals surface area contributed by atoms with Crippen molar-refractivity contribution in [2.75, 3.05) is 36.1 Å². The van der Waals surface area contributed by atoms with Crippen LogP contribution < -0.4 is 11.1 Å². The van der Waals surface area contributed by atoms with Gasteiger partial charge in [-0.3, -0.25) is 9.69 Å². The lowest BCUT2D eigenvalue weighted by molar-refractivity contribution is -0.117. The maximum atomic E-state index is 11.9. The zero-order valence-corrected chi connectivity index (χ0v) is 11.4. The molecule has 1 heterocycles. The summed E-state index contributed by atoms with van der Waals surface area (Å²) in [6, 6.07) is 7.74. The second-order valence-electron chi connectivity index (χ2n) is 4.60. The zero-order chi connectivity index (χ0) is 13.0. The number of nitrogen functional groups attached to an aromatic ring is 1. The van der Waals surface area contributed by atoms with Crippen LogP contribution in [-0.4, -0.2) is 41.9 Å². The highest BCUT2D eigenvalue weighted by Crippen LogP contribution is 2.21. The fourth-order valence-electron chi connectivity index (χ4n) is 1.99. The average molecular weight is 265 g/mol. The molecule has 98 valence electrons. The van der Waals surface area contributed by atoms with Gasteiger partial charge in [-0.05, 0) is 43.5 Å². The number of hydrogen-bond acceptors (Lipinski definition) is 4. The van der Waals surface area contributed by atoms with E-state index in [9.17, 15) is 4.79 Å². The third-order valence-corrected chi connectivity index (χ3v) is 4.26. The SMILES string of the molecule is CN(CC(=O)Nc1ccc(N)cc1)C1CCSC1. The van der Waals surface area contributed by atoms with Gasteiger partial charge in [0.25, 0.3) is 0 Å². The van der Waals surface area contributed by atoms with Gasteiger partial charge >= 0.3 is 0 Å². The van der Waals surface area contributed by atoms with Gasteiger partial charge in [-0.25, -0.2) is 0 Å². The Kier molecular flexibility index (Phi) is 4.49. The fraction of sp³-hybridized carbons (Fsp3) is 0.462. The van der Waals surface area contributed by atoms with Crippen molar-refractivity contribution in [1.82, 2.24) is 4.90 Å². The third-order valence-electron chi connectivity index (χ3n) is 3.12. The van der Waals surface area contributed by atoms with Crippen LogP contribution in [0.4, 0.5) is 11.4 Å². The molecule has 0 saturated carbocycles. The van der Waals surface area contributed by atoms with E-state index in [-0.39, 0.29) is 5.91 Å². The molecule has 0 aromatic heterocycles. The predicted octanol–water partition coefficient (Wildman–Crippen LogP) is 1.64. The first kappa shape index (κ1) is 13.2. The molecular weight excluding hydrogens is 246 g/mol. The summed E-state index contributed by atoms with van der Waals surface area (Å²) in [5.74, 6) is 2.36. The highest BCUT2D eigenvalue weighted by molar-refractivity contribution is 7.99.